The summed E-state index contributed by atoms with van der Waals surface area (Å²) in [6, 6.07) is 8.89. The van der Waals surface area contributed by atoms with Gasteiger partial charge < -0.3 is 30.3 Å². The molecule has 1 unspecified atom stereocenters. The number of rotatable bonds is 8. The molecule has 0 amide bonds. The number of halogens is 1. The molecular formula is C23H26ClN7O4. The Kier molecular flexibility index (Phi) is 6.76. The van der Waals surface area contributed by atoms with Crippen molar-refractivity contribution in [3.63, 3.8) is 0 Å². The third kappa shape index (κ3) is 4.65. The second-order valence-corrected chi connectivity index (χ2v) is 9.14. The monoisotopic (exact) mass is 499 g/mol. The summed E-state index contributed by atoms with van der Waals surface area (Å²) in [5, 5.41) is 44.0. The van der Waals surface area contributed by atoms with Gasteiger partial charge in [-0.15, -0.1) is 0 Å². The Balaban J connectivity index is 1.41. The molecule has 5 N–H and O–H groups in total. The first-order valence-electron chi connectivity index (χ1n) is 11.4. The number of anilines is 1. The molecule has 2 aromatic heterocycles. The van der Waals surface area contributed by atoms with Crippen LogP contribution in [0.2, 0.25) is 5.28 Å². The zero-order valence-electron chi connectivity index (χ0n) is 18.7. The van der Waals surface area contributed by atoms with Crippen molar-refractivity contribution in [2.45, 2.75) is 43.3 Å². The Morgan fingerprint density at radius 3 is 2.63 bits per heavy atom. The van der Waals surface area contributed by atoms with Gasteiger partial charge in [-0.1, -0.05) is 30.3 Å². The van der Waals surface area contributed by atoms with Crippen LogP contribution in [0.1, 0.15) is 18.0 Å². The average Bonchev–Trinajstić information content (AvgIpc) is 3.57. The molecule has 1 saturated carbocycles. The summed E-state index contributed by atoms with van der Waals surface area (Å²) in [4.78, 5) is 21.7. The Hall–Kier alpha value is -2.96. The van der Waals surface area contributed by atoms with Gasteiger partial charge in [0.05, 0.1) is 43.4 Å². The van der Waals surface area contributed by atoms with E-state index in [0.29, 0.717) is 35.5 Å². The quantitative estimate of drug-likeness (QED) is 0.282. The Bertz CT molecular complexity index is 1250. The predicted octanol–water partition coefficient (Wildman–Crippen LogP) is 0.622. The molecule has 0 bridgehead atoms. The van der Waals surface area contributed by atoms with E-state index in [0.717, 1.165) is 5.56 Å². The summed E-state index contributed by atoms with van der Waals surface area (Å²) >= 11 is 6.24. The number of aromatic nitrogens is 4. The summed E-state index contributed by atoms with van der Waals surface area (Å²) in [5.41, 5.74) is 2.33. The van der Waals surface area contributed by atoms with E-state index >= 15 is 0 Å². The van der Waals surface area contributed by atoms with Gasteiger partial charge in [0.1, 0.15) is 12.3 Å². The minimum absolute atomic E-state index is 0.0136. The van der Waals surface area contributed by atoms with Gasteiger partial charge in [0, 0.05) is 12.1 Å². The Morgan fingerprint density at radius 2 is 1.91 bits per heavy atom. The van der Waals surface area contributed by atoms with E-state index in [1.54, 1.807) is 4.57 Å². The lowest BCUT2D eigenvalue weighted by Gasteiger charge is -2.19. The van der Waals surface area contributed by atoms with Crippen LogP contribution in [0.5, 0.6) is 0 Å². The molecule has 3 aromatic rings. The molecule has 0 spiro atoms. The number of imidazole rings is 1. The highest BCUT2D eigenvalue weighted by Gasteiger charge is 2.47. The van der Waals surface area contributed by atoms with Crippen LogP contribution in [-0.2, 0) is 6.42 Å². The highest BCUT2D eigenvalue weighted by molar-refractivity contribution is 6.32. The smallest absolute Gasteiger partial charge is 0.226 e. The molecular weight excluding hydrogens is 474 g/mol. The third-order valence-electron chi connectivity index (χ3n) is 6.55. The molecule has 1 aliphatic carbocycles. The molecule has 3 heterocycles. The lowest BCUT2D eigenvalue weighted by atomic mass is 10.0. The topological polar surface area (TPSA) is 161 Å². The van der Waals surface area contributed by atoms with E-state index in [1.807, 2.05) is 30.3 Å². The minimum atomic E-state index is -1.10. The second-order valence-electron chi connectivity index (χ2n) is 8.80. The summed E-state index contributed by atoms with van der Waals surface area (Å²) < 4.78 is 1.68. The standard InChI is InChI=1S/C23H26ClN7O4/c24-23-29-21(27-13(9-32)6-12-4-2-1-3-5-12)17-22(30-23)31(11-26-17)16-7-15(18(34)19(16)35)20-25-8-14(10-33)28-20/h1-5,8,11,13,15-16,18-20,32-35H,6-7,9-10H2,(H,27,29,30)/t13-,15-,16+,18+,19-,20?/m0/s1. The van der Waals surface area contributed by atoms with Crippen molar-refractivity contribution < 1.29 is 20.4 Å². The van der Waals surface area contributed by atoms with Gasteiger partial charge in [0.25, 0.3) is 0 Å². The molecule has 6 atom stereocenters. The normalized spacial score (nSPS) is 26.9. The first kappa shape index (κ1) is 23.8. The maximum absolute atomic E-state index is 10.9. The van der Waals surface area contributed by atoms with Crippen molar-refractivity contribution in [2.24, 2.45) is 15.9 Å². The van der Waals surface area contributed by atoms with E-state index in [1.165, 1.54) is 12.5 Å². The van der Waals surface area contributed by atoms with Crippen LogP contribution in [0.3, 0.4) is 0 Å². The number of hydrogen-bond acceptors (Lipinski definition) is 10. The van der Waals surface area contributed by atoms with Crippen molar-refractivity contribution in [2.75, 3.05) is 18.5 Å². The number of hydrogen-bond donors (Lipinski definition) is 5. The summed E-state index contributed by atoms with van der Waals surface area (Å²) in [5.74, 6) is -0.0665. The molecule has 0 saturated heterocycles. The van der Waals surface area contributed by atoms with Gasteiger partial charge in [0.15, 0.2) is 17.0 Å². The van der Waals surface area contributed by atoms with Crippen LogP contribution in [0, 0.1) is 5.92 Å². The molecule has 12 heteroatoms. The molecule has 35 heavy (non-hydrogen) atoms. The van der Waals surface area contributed by atoms with E-state index in [4.69, 9.17) is 11.6 Å². The number of benzene rings is 1. The first-order chi connectivity index (χ1) is 17.0. The molecule has 1 fully saturated rings. The average molecular weight is 500 g/mol. The molecule has 0 radical (unpaired) electrons. The fourth-order valence-corrected chi connectivity index (χ4v) is 4.95. The summed E-state index contributed by atoms with van der Waals surface area (Å²) in [6.07, 6.45) is 1.22. The highest BCUT2D eigenvalue weighted by atomic mass is 35.5. The Labute approximate surface area is 205 Å². The zero-order chi connectivity index (χ0) is 24.5. The first-order valence-corrected chi connectivity index (χ1v) is 11.7. The van der Waals surface area contributed by atoms with Gasteiger partial charge in [0.2, 0.25) is 5.28 Å². The number of fused-ring (bicyclic) bond motifs is 1. The molecule has 1 aromatic carbocycles. The molecule has 2 aliphatic rings. The third-order valence-corrected chi connectivity index (χ3v) is 6.72. The van der Waals surface area contributed by atoms with Gasteiger partial charge in [-0.05, 0) is 30.0 Å². The lowest BCUT2D eigenvalue weighted by Crippen LogP contribution is -2.32. The maximum Gasteiger partial charge on any atom is 0.226 e. The van der Waals surface area contributed by atoms with E-state index in [2.05, 4.69) is 30.3 Å². The fourth-order valence-electron chi connectivity index (χ4n) is 4.79. The van der Waals surface area contributed by atoms with Crippen LogP contribution >= 0.6 is 11.6 Å². The number of nitrogens with one attached hydrogen (secondary N) is 1. The number of nitrogens with zero attached hydrogens (tertiary/aromatic N) is 6. The zero-order valence-corrected chi connectivity index (χ0v) is 19.4. The fraction of sp³-hybridized carbons (Fsp3) is 0.435. The van der Waals surface area contributed by atoms with E-state index in [-0.39, 0.29) is 24.5 Å². The van der Waals surface area contributed by atoms with Crippen LogP contribution in [0.15, 0.2) is 46.6 Å². The van der Waals surface area contributed by atoms with Crippen molar-refractivity contribution in [1.82, 2.24) is 19.5 Å². The number of aliphatic hydroxyl groups excluding tert-OH is 4. The van der Waals surface area contributed by atoms with E-state index in [9.17, 15) is 20.4 Å². The molecule has 184 valence electrons. The van der Waals surface area contributed by atoms with Crippen LogP contribution in [-0.4, -0.2) is 89.5 Å². The van der Waals surface area contributed by atoms with Gasteiger partial charge in [-0.3, -0.25) is 9.98 Å². The molecule has 11 nitrogen and oxygen atoms in total. The second kappa shape index (κ2) is 9.96. The summed E-state index contributed by atoms with van der Waals surface area (Å²) in [7, 11) is 0. The molecule has 1 aliphatic heterocycles. The van der Waals surface area contributed by atoms with Gasteiger partial charge >= 0.3 is 0 Å². The van der Waals surface area contributed by atoms with Crippen molar-refractivity contribution in [3.05, 3.63) is 47.5 Å². The van der Waals surface area contributed by atoms with Crippen LogP contribution in [0.25, 0.3) is 11.2 Å². The van der Waals surface area contributed by atoms with Crippen molar-refractivity contribution in [3.8, 4) is 0 Å². The lowest BCUT2D eigenvalue weighted by molar-refractivity contribution is 0.00314. The van der Waals surface area contributed by atoms with Gasteiger partial charge in [-0.2, -0.15) is 9.97 Å². The minimum Gasteiger partial charge on any atom is -0.394 e. The van der Waals surface area contributed by atoms with Crippen LogP contribution in [0.4, 0.5) is 5.82 Å². The van der Waals surface area contributed by atoms with Crippen LogP contribution < -0.4 is 5.32 Å². The predicted molar refractivity (Wildman–Crippen MR) is 131 cm³/mol. The Morgan fingerprint density at radius 1 is 1.11 bits per heavy atom. The highest BCUT2D eigenvalue weighted by Crippen LogP contribution is 2.40. The van der Waals surface area contributed by atoms with Crippen molar-refractivity contribution >= 4 is 40.5 Å². The van der Waals surface area contributed by atoms with Crippen molar-refractivity contribution in [1.29, 1.82) is 0 Å². The van der Waals surface area contributed by atoms with E-state index < -0.39 is 30.3 Å². The van der Waals surface area contributed by atoms with Gasteiger partial charge in [-0.25, -0.2) is 4.98 Å². The molecule has 5 rings (SSSR count). The number of aliphatic hydroxyl groups is 4. The largest absolute Gasteiger partial charge is 0.394 e. The number of aliphatic imine (C=N–C) groups is 2. The maximum atomic E-state index is 10.9. The summed E-state index contributed by atoms with van der Waals surface area (Å²) in [6.45, 7) is -0.364. The SMILES string of the molecule is OCC1=NC([C@H]2C[C@@H](n3cnc4c(N[C@H](CO)Cc5ccccc5)nc(Cl)nc43)[C@H](O)[C@@H]2O)N=C1.